The van der Waals surface area contributed by atoms with Crippen LogP contribution >= 0.6 is 0 Å². The van der Waals surface area contributed by atoms with E-state index in [1.165, 1.54) is 6.20 Å². The summed E-state index contributed by atoms with van der Waals surface area (Å²) in [5.41, 5.74) is 0.978. The van der Waals surface area contributed by atoms with Crippen molar-refractivity contribution in [3.8, 4) is 0 Å². The molecule has 5 nitrogen and oxygen atoms in total. The van der Waals surface area contributed by atoms with Crippen molar-refractivity contribution in [1.29, 1.82) is 0 Å². The van der Waals surface area contributed by atoms with E-state index in [0.29, 0.717) is 6.42 Å². The number of carbonyl (C=O) groups excluding carboxylic acids is 1. The molecule has 1 saturated heterocycles. The summed E-state index contributed by atoms with van der Waals surface area (Å²) < 4.78 is 13.8. The van der Waals surface area contributed by atoms with E-state index in [0.717, 1.165) is 35.1 Å². The van der Waals surface area contributed by atoms with Gasteiger partial charge in [-0.15, -0.1) is 0 Å². The standard InChI is InChI=1S/C17H21NO4Se/c1-10(19)14-4-5-15-13-3-2-11-8-18(21)7-6-12(11)16(13)23(22)9-17(14,15)20/h6-8,13-16,20H,2-5,9H2,1H3/t13-,14-,15-,16+,17-,23?/m1/s1. The van der Waals surface area contributed by atoms with Gasteiger partial charge in [-0.1, -0.05) is 0 Å². The molecule has 1 aromatic heterocycles. The first-order chi connectivity index (χ1) is 10.9. The van der Waals surface area contributed by atoms with Crippen molar-refractivity contribution in [2.24, 2.45) is 17.8 Å². The first-order valence-electron chi connectivity index (χ1n) is 8.23. The average molecular weight is 382 g/mol. The summed E-state index contributed by atoms with van der Waals surface area (Å²) in [7, 11) is 0. The first-order valence-corrected chi connectivity index (χ1v) is 11.1. The van der Waals surface area contributed by atoms with E-state index in [2.05, 4.69) is 0 Å². The second kappa shape index (κ2) is 5.20. The SMILES string of the molecule is CC(=O)[C@H]1CC[C@@H]2[C@H]3CCc4c[n+]([O-])ccc4[C@@H]3[Se](=O)C[C@@]12O. The third-order valence-electron chi connectivity index (χ3n) is 6.17. The van der Waals surface area contributed by atoms with E-state index < -0.39 is 19.4 Å². The number of carbonyl (C=O) groups is 1. The minimum absolute atomic E-state index is 0.0177. The van der Waals surface area contributed by atoms with E-state index in [1.54, 1.807) is 13.1 Å². The monoisotopic (exact) mass is 383 g/mol. The third-order valence-corrected chi connectivity index (χ3v) is 10.2. The Morgan fingerprint density at radius 2 is 2.22 bits per heavy atom. The summed E-state index contributed by atoms with van der Waals surface area (Å²) in [6.45, 7) is 1.54. The van der Waals surface area contributed by atoms with Crippen molar-refractivity contribution >= 4 is 19.6 Å². The number of aryl methyl sites for hydroxylation is 1. The van der Waals surface area contributed by atoms with E-state index in [9.17, 15) is 18.9 Å². The van der Waals surface area contributed by atoms with E-state index in [-0.39, 0.29) is 33.7 Å². The summed E-state index contributed by atoms with van der Waals surface area (Å²) in [6.07, 6.45) is 6.26. The number of rotatable bonds is 1. The Morgan fingerprint density at radius 3 is 2.96 bits per heavy atom. The molecule has 0 amide bonds. The van der Waals surface area contributed by atoms with Crippen LogP contribution in [0.1, 0.15) is 42.1 Å². The molecule has 0 radical (unpaired) electrons. The second-order valence-corrected chi connectivity index (χ2v) is 10.5. The van der Waals surface area contributed by atoms with Crippen LogP contribution in [0, 0.1) is 23.0 Å². The quantitative estimate of drug-likeness (QED) is 0.451. The van der Waals surface area contributed by atoms with Crippen LogP contribution in [0.4, 0.5) is 0 Å². The van der Waals surface area contributed by atoms with Crippen LogP contribution in [-0.4, -0.2) is 30.3 Å². The number of aromatic nitrogens is 1. The van der Waals surface area contributed by atoms with E-state index in [4.69, 9.17) is 0 Å². The molecule has 6 atom stereocenters. The Labute approximate surface area is 139 Å². The van der Waals surface area contributed by atoms with Crippen LogP contribution in [0.5, 0.6) is 0 Å². The van der Waals surface area contributed by atoms with E-state index in [1.807, 2.05) is 6.07 Å². The van der Waals surface area contributed by atoms with Gasteiger partial charge in [0, 0.05) is 0 Å². The molecule has 23 heavy (non-hydrogen) atoms. The molecule has 6 heteroatoms. The fourth-order valence-electron chi connectivity index (χ4n) is 5.24. The normalized spacial score (nSPS) is 41.7. The molecule has 1 unspecified atom stereocenters. The molecule has 0 aromatic carbocycles. The number of fused-ring (bicyclic) bond motifs is 5. The zero-order chi connectivity index (χ0) is 16.4. The van der Waals surface area contributed by atoms with Gasteiger partial charge in [-0.25, -0.2) is 0 Å². The van der Waals surface area contributed by atoms with Gasteiger partial charge < -0.3 is 0 Å². The molecule has 1 saturated carbocycles. The number of nitrogens with zero attached hydrogens (tertiary/aromatic N) is 1. The maximum atomic E-state index is 13.0. The molecule has 3 aliphatic rings. The van der Waals surface area contributed by atoms with Crippen molar-refractivity contribution < 1.29 is 18.5 Å². The molecule has 2 aliphatic carbocycles. The van der Waals surface area contributed by atoms with Crippen LogP contribution in [0.2, 0.25) is 5.32 Å². The summed E-state index contributed by atoms with van der Waals surface area (Å²) in [4.78, 5) is 11.9. The molecular weight excluding hydrogens is 361 g/mol. The minimum atomic E-state index is -2.32. The Balaban J connectivity index is 1.76. The molecule has 2 heterocycles. The van der Waals surface area contributed by atoms with Crippen molar-refractivity contribution in [2.75, 3.05) is 0 Å². The van der Waals surface area contributed by atoms with Gasteiger partial charge in [0.1, 0.15) is 0 Å². The van der Waals surface area contributed by atoms with Gasteiger partial charge in [-0.3, -0.25) is 0 Å². The Hall–Kier alpha value is -1.10. The summed E-state index contributed by atoms with van der Waals surface area (Å²) in [6, 6.07) is 1.81. The topological polar surface area (TPSA) is 81.3 Å². The number of ketones is 1. The van der Waals surface area contributed by atoms with Crippen molar-refractivity contribution in [3.63, 3.8) is 0 Å². The number of hydrogen-bond acceptors (Lipinski definition) is 4. The number of aliphatic hydroxyl groups is 1. The Kier molecular flexibility index (Phi) is 3.49. The van der Waals surface area contributed by atoms with Crippen molar-refractivity contribution in [2.45, 2.75) is 48.3 Å². The zero-order valence-corrected chi connectivity index (χ0v) is 14.8. The molecule has 1 N–H and O–H groups in total. The van der Waals surface area contributed by atoms with Gasteiger partial charge in [-0.05, 0) is 0 Å². The number of pyridine rings is 1. The average Bonchev–Trinajstić information content (AvgIpc) is 2.83. The predicted octanol–water partition coefficient (Wildman–Crippen LogP) is 1.29. The number of Topliss-reactive ketones (excluding diaryl/α,β-unsaturated/α-hetero) is 1. The Morgan fingerprint density at radius 1 is 1.43 bits per heavy atom. The summed E-state index contributed by atoms with van der Waals surface area (Å²) in [5, 5.41) is 23.0. The van der Waals surface area contributed by atoms with Crippen LogP contribution in [-0.2, 0) is 15.1 Å². The van der Waals surface area contributed by atoms with Gasteiger partial charge in [-0.2, -0.15) is 0 Å². The fourth-order valence-corrected chi connectivity index (χ4v) is 10.0. The van der Waals surface area contributed by atoms with Crippen LogP contribution in [0.3, 0.4) is 0 Å². The van der Waals surface area contributed by atoms with Crippen molar-refractivity contribution in [1.82, 2.24) is 0 Å². The molecule has 2 fully saturated rings. The zero-order valence-electron chi connectivity index (χ0n) is 13.1. The molecule has 1 aliphatic heterocycles. The van der Waals surface area contributed by atoms with Gasteiger partial charge in [0.25, 0.3) is 0 Å². The van der Waals surface area contributed by atoms with Gasteiger partial charge >= 0.3 is 139 Å². The number of hydrogen-bond donors (Lipinski definition) is 1. The van der Waals surface area contributed by atoms with Crippen molar-refractivity contribution in [3.05, 3.63) is 34.8 Å². The molecule has 1 aromatic rings. The summed E-state index contributed by atoms with van der Waals surface area (Å²) in [5.74, 6) is -0.0934. The fraction of sp³-hybridized carbons (Fsp3) is 0.647. The van der Waals surface area contributed by atoms with Crippen LogP contribution < -0.4 is 4.73 Å². The molecular formula is C17H21NO4Se. The first kappa shape index (κ1) is 15.4. The van der Waals surface area contributed by atoms with Crippen LogP contribution in [0.15, 0.2) is 18.5 Å². The third kappa shape index (κ3) is 2.15. The molecule has 0 bridgehead atoms. The molecule has 4 rings (SSSR count). The van der Waals surface area contributed by atoms with Gasteiger partial charge in [0.2, 0.25) is 0 Å². The predicted molar refractivity (Wildman–Crippen MR) is 83.0 cm³/mol. The second-order valence-electron chi connectivity index (χ2n) is 7.27. The molecule has 0 spiro atoms. The van der Waals surface area contributed by atoms with Crippen LogP contribution in [0.25, 0.3) is 0 Å². The molecule has 124 valence electrons. The van der Waals surface area contributed by atoms with Gasteiger partial charge in [0.15, 0.2) is 0 Å². The van der Waals surface area contributed by atoms with Gasteiger partial charge in [0.05, 0.1) is 0 Å². The maximum absolute atomic E-state index is 13.0. The van der Waals surface area contributed by atoms with E-state index >= 15 is 0 Å². The summed E-state index contributed by atoms with van der Waals surface area (Å²) >= 11 is -2.32. The Bertz CT molecular complexity index is 706.